The fourth-order valence-corrected chi connectivity index (χ4v) is 1.88. The summed E-state index contributed by atoms with van der Waals surface area (Å²) < 4.78 is 0. The van der Waals surface area contributed by atoms with Gasteiger partial charge in [0.05, 0.1) is 5.38 Å². The number of halogens is 1. The molecule has 1 atom stereocenters. The third kappa shape index (κ3) is 2.86. The van der Waals surface area contributed by atoms with Crippen molar-refractivity contribution in [2.45, 2.75) is 18.7 Å². The van der Waals surface area contributed by atoms with E-state index in [2.05, 4.69) is 48.5 Å². The summed E-state index contributed by atoms with van der Waals surface area (Å²) in [6.45, 7) is 1.99. The average molecular weight is 231 g/mol. The zero-order valence-electron chi connectivity index (χ0n) is 9.36. The van der Waals surface area contributed by atoms with Gasteiger partial charge in [-0.25, -0.2) is 0 Å². The standard InChI is InChI=1S/C15H15Cl/c1-12(16)15-9-7-14(8-10-15)11-13-5-3-2-4-6-13/h2-10,12H,11H2,1H3. The number of alkyl halides is 1. The molecule has 0 aromatic heterocycles. The van der Waals surface area contributed by atoms with Crippen molar-refractivity contribution in [2.24, 2.45) is 0 Å². The topological polar surface area (TPSA) is 0 Å². The molecule has 2 aromatic carbocycles. The molecule has 0 heterocycles. The lowest BCUT2D eigenvalue weighted by atomic mass is 10.0. The SMILES string of the molecule is CC(Cl)c1ccc(Cc2ccccc2)cc1. The molecule has 0 radical (unpaired) electrons. The third-order valence-corrected chi connectivity index (χ3v) is 2.94. The van der Waals surface area contributed by atoms with Crippen LogP contribution in [0.4, 0.5) is 0 Å². The van der Waals surface area contributed by atoms with Crippen molar-refractivity contribution in [3.63, 3.8) is 0 Å². The predicted molar refractivity (Wildman–Crippen MR) is 70.0 cm³/mol. The maximum absolute atomic E-state index is 6.02. The lowest BCUT2D eigenvalue weighted by Gasteiger charge is -2.05. The van der Waals surface area contributed by atoms with Gasteiger partial charge in [0.25, 0.3) is 0 Å². The highest BCUT2D eigenvalue weighted by atomic mass is 35.5. The first kappa shape index (κ1) is 11.2. The van der Waals surface area contributed by atoms with Gasteiger partial charge in [-0.15, -0.1) is 11.6 Å². The van der Waals surface area contributed by atoms with E-state index in [0.29, 0.717) is 0 Å². The van der Waals surface area contributed by atoms with E-state index in [-0.39, 0.29) is 5.38 Å². The van der Waals surface area contributed by atoms with Crippen LogP contribution in [0.5, 0.6) is 0 Å². The molecule has 82 valence electrons. The van der Waals surface area contributed by atoms with Crippen molar-refractivity contribution >= 4 is 11.6 Å². The molecule has 0 bridgehead atoms. The second-order valence-electron chi connectivity index (χ2n) is 4.02. The number of hydrogen-bond acceptors (Lipinski definition) is 0. The van der Waals surface area contributed by atoms with Crippen LogP contribution in [-0.4, -0.2) is 0 Å². The Morgan fingerprint density at radius 3 is 2.00 bits per heavy atom. The predicted octanol–water partition coefficient (Wildman–Crippen LogP) is 4.58. The third-order valence-electron chi connectivity index (χ3n) is 2.69. The second kappa shape index (κ2) is 5.18. The maximum Gasteiger partial charge on any atom is 0.0557 e. The number of benzene rings is 2. The molecule has 16 heavy (non-hydrogen) atoms. The lowest BCUT2D eigenvalue weighted by molar-refractivity contribution is 1.07. The Bertz CT molecular complexity index is 429. The first-order chi connectivity index (χ1) is 7.75. The quantitative estimate of drug-likeness (QED) is 0.678. The van der Waals surface area contributed by atoms with E-state index in [1.54, 1.807) is 0 Å². The van der Waals surface area contributed by atoms with Crippen molar-refractivity contribution < 1.29 is 0 Å². The van der Waals surface area contributed by atoms with Crippen LogP contribution in [0.2, 0.25) is 0 Å². The highest BCUT2D eigenvalue weighted by Crippen LogP contribution is 2.20. The summed E-state index contributed by atoms with van der Waals surface area (Å²) in [6.07, 6.45) is 0.984. The molecule has 0 fully saturated rings. The molecule has 0 saturated carbocycles. The lowest BCUT2D eigenvalue weighted by Crippen LogP contribution is -1.89. The molecule has 0 aliphatic rings. The van der Waals surface area contributed by atoms with Gasteiger partial charge in [0.15, 0.2) is 0 Å². The average Bonchev–Trinajstić information content (AvgIpc) is 2.31. The molecule has 0 nitrogen and oxygen atoms in total. The van der Waals surface area contributed by atoms with Crippen molar-refractivity contribution in [1.29, 1.82) is 0 Å². The highest BCUT2D eigenvalue weighted by Gasteiger charge is 2.01. The van der Waals surface area contributed by atoms with E-state index in [9.17, 15) is 0 Å². The fourth-order valence-electron chi connectivity index (χ4n) is 1.73. The number of rotatable bonds is 3. The van der Waals surface area contributed by atoms with Gasteiger partial charge in [-0.1, -0.05) is 54.6 Å². The summed E-state index contributed by atoms with van der Waals surface area (Å²) in [5, 5.41) is 0.0887. The van der Waals surface area contributed by atoms with Gasteiger partial charge >= 0.3 is 0 Å². The molecule has 1 heteroatoms. The Morgan fingerprint density at radius 2 is 1.44 bits per heavy atom. The zero-order chi connectivity index (χ0) is 11.4. The fraction of sp³-hybridized carbons (Fsp3) is 0.200. The summed E-state index contributed by atoms with van der Waals surface area (Å²) in [7, 11) is 0. The summed E-state index contributed by atoms with van der Waals surface area (Å²) in [5.41, 5.74) is 3.85. The van der Waals surface area contributed by atoms with Crippen molar-refractivity contribution in [3.05, 3.63) is 71.3 Å². The van der Waals surface area contributed by atoms with Gasteiger partial charge in [-0.2, -0.15) is 0 Å². The van der Waals surface area contributed by atoms with Crippen LogP contribution in [0.25, 0.3) is 0 Å². The molecule has 2 aromatic rings. The largest absolute Gasteiger partial charge is 0.118 e. The van der Waals surface area contributed by atoms with Crippen molar-refractivity contribution in [3.8, 4) is 0 Å². The zero-order valence-corrected chi connectivity index (χ0v) is 10.1. The molecule has 0 amide bonds. The minimum atomic E-state index is 0.0887. The molecule has 0 aliphatic carbocycles. The molecule has 0 aliphatic heterocycles. The van der Waals surface area contributed by atoms with Crippen molar-refractivity contribution in [1.82, 2.24) is 0 Å². The van der Waals surface area contributed by atoms with Crippen LogP contribution in [0.1, 0.15) is 29.0 Å². The molecule has 1 unspecified atom stereocenters. The Hall–Kier alpha value is -1.27. The van der Waals surface area contributed by atoms with Crippen LogP contribution in [0, 0.1) is 0 Å². The molecule has 0 saturated heterocycles. The van der Waals surface area contributed by atoms with E-state index in [1.165, 1.54) is 16.7 Å². The molecular formula is C15H15Cl. The summed E-state index contributed by atoms with van der Waals surface area (Å²) >= 11 is 6.02. The first-order valence-electron chi connectivity index (χ1n) is 5.52. The summed E-state index contributed by atoms with van der Waals surface area (Å²) in [4.78, 5) is 0. The van der Waals surface area contributed by atoms with E-state index in [1.807, 2.05) is 13.0 Å². The normalized spacial score (nSPS) is 12.4. The smallest absolute Gasteiger partial charge is 0.0557 e. The minimum Gasteiger partial charge on any atom is -0.118 e. The van der Waals surface area contributed by atoms with Crippen LogP contribution in [0.3, 0.4) is 0 Å². The van der Waals surface area contributed by atoms with Crippen LogP contribution in [-0.2, 0) is 6.42 Å². The maximum atomic E-state index is 6.02. The minimum absolute atomic E-state index is 0.0887. The van der Waals surface area contributed by atoms with Crippen molar-refractivity contribution in [2.75, 3.05) is 0 Å². The van der Waals surface area contributed by atoms with Crippen LogP contribution < -0.4 is 0 Å². The Balaban J connectivity index is 2.11. The molecule has 0 spiro atoms. The highest BCUT2D eigenvalue weighted by molar-refractivity contribution is 6.20. The van der Waals surface area contributed by atoms with E-state index in [4.69, 9.17) is 11.6 Å². The Kier molecular flexibility index (Phi) is 3.63. The Labute approximate surface area is 102 Å². The van der Waals surface area contributed by atoms with Gasteiger partial charge in [0.2, 0.25) is 0 Å². The van der Waals surface area contributed by atoms with Gasteiger partial charge in [0.1, 0.15) is 0 Å². The van der Waals surface area contributed by atoms with E-state index >= 15 is 0 Å². The first-order valence-corrected chi connectivity index (χ1v) is 5.96. The van der Waals surface area contributed by atoms with E-state index < -0.39 is 0 Å². The summed E-state index contributed by atoms with van der Waals surface area (Å²) in [5.74, 6) is 0. The molecule has 0 N–H and O–H groups in total. The Morgan fingerprint density at radius 1 is 0.875 bits per heavy atom. The van der Waals surface area contributed by atoms with Crippen LogP contribution >= 0.6 is 11.6 Å². The number of hydrogen-bond donors (Lipinski definition) is 0. The molecule has 2 rings (SSSR count). The van der Waals surface area contributed by atoms with E-state index in [0.717, 1.165) is 6.42 Å². The van der Waals surface area contributed by atoms with Gasteiger partial charge in [-0.3, -0.25) is 0 Å². The van der Waals surface area contributed by atoms with Gasteiger partial charge in [0, 0.05) is 0 Å². The van der Waals surface area contributed by atoms with Gasteiger partial charge in [-0.05, 0) is 30.0 Å². The monoisotopic (exact) mass is 230 g/mol. The summed E-state index contributed by atoms with van der Waals surface area (Å²) in [6, 6.07) is 19.0. The molecular weight excluding hydrogens is 216 g/mol. The van der Waals surface area contributed by atoms with Gasteiger partial charge < -0.3 is 0 Å². The second-order valence-corrected chi connectivity index (χ2v) is 4.67. The van der Waals surface area contributed by atoms with Crippen LogP contribution in [0.15, 0.2) is 54.6 Å².